The molecule has 25 heavy (non-hydrogen) atoms. The number of benzene rings is 2. The molecule has 0 aliphatic carbocycles. The van der Waals surface area contributed by atoms with Gasteiger partial charge < -0.3 is 15.3 Å². The summed E-state index contributed by atoms with van der Waals surface area (Å²) in [5.74, 6) is -1.86. The number of carbonyl (C=O) groups excluding carboxylic acids is 1. The molecule has 2 aliphatic rings. The molecule has 2 N–H and O–H groups in total. The van der Waals surface area contributed by atoms with Crippen LogP contribution in [0.3, 0.4) is 0 Å². The van der Waals surface area contributed by atoms with Gasteiger partial charge in [0.15, 0.2) is 0 Å². The van der Waals surface area contributed by atoms with Gasteiger partial charge in [0.2, 0.25) is 0 Å². The largest absolute Gasteiger partial charge is 0.508 e. The molecule has 0 aromatic heterocycles. The summed E-state index contributed by atoms with van der Waals surface area (Å²) in [5.41, 5.74) is 1.08. The Morgan fingerprint density at radius 3 is 2.44 bits per heavy atom. The molecule has 130 valence electrons. The lowest BCUT2D eigenvalue weighted by Crippen LogP contribution is -2.50. The number of rotatable bonds is 1. The second-order valence-corrected chi connectivity index (χ2v) is 6.33. The molecule has 0 saturated carbocycles. The van der Waals surface area contributed by atoms with E-state index in [2.05, 4.69) is 5.32 Å². The number of halogens is 3. The van der Waals surface area contributed by atoms with Crippen LogP contribution in [0.25, 0.3) is 0 Å². The van der Waals surface area contributed by atoms with Crippen molar-refractivity contribution in [2.24, 2.45) is 0 Å². The van der Waals surface area contributed by atoms with Crippen LogP contribution in [0.4, 0.5) is 18.9 Å². The molecule has 2 aromatic rings. The van der Waals surface area contributed by atoms with Crippen molar-refractivity contribution in [3.8, 4) is 5.75 Å². The quantitative estimate of drug-likeness (QED) is 0.832. The number of carbonyl (C=O) groups is 1. The number of phenols is 1. The van der Waals surface area contributed by atoms with E-state index in [0.29, 0.717) is 17.7 Å². The third kappa shape index (κ3) is 2.11. The van der Waals surface area contributed by atoms with Crippen LogP contribution in [-0.4, -0.2) is 34.8 Å². The van der Waals surface area contributed by atoms with E-state index in [1.807, 2.05) is 6.07 Å². The average Bonchev–Trinajstić information content (AvgIpc) is 3.08. The van der Waals surface area contributed by atoms with Gasteiger partial charge in [-0.1, -0.05) is 36.4 Å². The third-order valence-electron chi connectivity index (χ3n) is 5.11. The number of fused-ring (bicyclic) bond motifs is 3. The van der Waals surface area contributed by atoms with Gasteiger partial charge in [0, 0.05) is 17.8 Å². The fourth-order valence-electron chi connectivity index (χ4n) is 4.12. The molecule has 2 atom stereocenters. The Kier molecular flexibility index (Phi) is 3.25. The van der Waals surface area contributed by atoms with E-state index >= 15 is 0 Å². The lowest BCUT2D eigenvalue weighted by atomic mass is 9.73. The first kappa shape index (κ1) is 15.8. The van der Waals surface area contributed by atoms with Crippen LogP contribution < -0.4 is 5.32 Å². The van der Waals surface area contributed by atoms with Crippen molar-refractivity contribution in [3.63, 3.8) is 0 Å². The number of amides is 1. The van der Waals surface area contributed by atoms with Crippen LogP contribution in [0.5, 0.6) is 5.75 Å². The molecular formula is C18H15F3N2O2. The molecule has 7 heteroatoms. The topological polar surface area (TPSA) is 52.6 Å². The first-order valence-corrected chi connectivity index (χ1v) is 7.88. The van der Waals surface area contributed by atoms with Gasteiger partial charge in [-0.15, -0.1) is 0 Å². The van der Waals surface area contributed by atoms with Crippen LogP contribution in [0.1, 0.15) is 17.5 Å². The summed E-state index contributed by atoms with van der Waals surface area (Å²) in [4.78, 5) is 12.7. The highest BCUT2D eigenvalue weighted by atomic mass is 19.4. The number of anilines is 1. The molecule has 1 saturated heterocycles. The number of hydrogen-bond donors (Lipinski definition) is 2. The van der Waals surface area contributed by atoms with Gasteiger partial charge in [0.1, 0.15) is 11.9 Å². The predicted molar refractivity (Wildman–Crippen MR) is 85.1 cm³/mol. The summed E-state index contributed by atoms with van der Waals surface area (Å²) >= 11 is 0. The van der Waals surface area contributed by atoms with Crippen molar-refractivity contribution in [1.29, 1.82) is 0 Å². The Labute approximate surface area is 141 Å². The van der Waals surface area contributed by atoms with Gasteiger partial charge in [-0.2, -0.15) is 13.2 Å². The van der Waals surface area contributed by atoms with Gasteiger partial charge >= 0.3 is 12.1 Å². The van der Waals surface area contributed by atoms with E-state index < -0.39 is 23.7 Å². The molecular weight excluding hydrogens is 333 g/mol. The SMILES string of the molecule is O=C(N1CC[C@]2(c3ccccc3O)c3ccccc3N[C@H]12)C(F)(F)F. The minimum atomic E-state index is -4.94. The number of nitrogens with zero attached hydrogens (tertiary/aromatic N) is 1. The normalized spacial score (nSPS) is 24.6. The Bertz CT molecular complexity index is 852. The molecule has 2 aromatic carbocycles. The van der Waals surface area contributed by atoms with Crippen molar-refractivity contribution >= 4 is 11.6 Å². The zero-order chi connectivity index (χ0) is 17.8. The summed E-state index contributed by atoms with van der Waals surface area (Å²) in [6.07, 6.45) is -5.54. The van der Waals surface area contributed by atoms with Gasteiger partial charge in [0.25, 0.3) is 0 Å². The van der Waals surface area contributed by atoms with Crippen molar-refractivity contribution in [3.05, 3.63) is 59.7 Å². The van der Waals surface area contributed by atoms with Crippen molar-refractivity contribution < 1.29 is 23.1 Å². The smallest absolute Gasteiger partial charge is 0.471 e. The summed E-state index contributed by atoms with van der Waals surface area (Å²) in [7, 11) is 0. The Hall–Kier alpha value is -2.70. The number of aromatic hydroxyl groups is 1. The molecule has 1 amide bonds. The zero-order valence-electron chi connectivity index (χ0n) is 13.0. The maximum absolute atomic E-state index is 13.0. The van der Waals surface area contributed by atoms with E-state index in [0.717, 1.165) is 10.5 Å². The monoisotopic (exact) mass is 348 g/mol. The van der Waals surface area contributed by atoms with Gasteiger partial charge in [-0.05, 0) is 24.1 Å². The average molecular weight is 348 g/mol. The Balaban J connectivity index is 1.90. The second kappa shape index (κ2) is 5.15. The van der Waals surface area contributed by atoms with Crippen LogP contribution >= 0.6 is 0 Å². The van der Waals surface area contributed by atoms with Crippen molar-refractivity contribution in [1.82, 2.24) is 4.90 Å². The fourth-order valence-corrected chi connectivity index (χ4v) is 4.12. The number of para-hydroxylation sites is 2. The summed E-state index contributed by atoms with van der Waals surface area (Å²) in [5, 5.41) is 13.4. The van der Waals surface area contributed by atoms with E-state index in [1.165, 1.54) is 6.07 Å². The first-order chi connectivity index (χ1) is 11.9. The lowest BCUT2D eigenvalue weighted by molar-refractivity contribution is -0.186. The van der Waals surface area contributed by atoms with Gasteiger partial charge in [-0.25, -0.2) is 0 Å². The summed E-state index contributed by atoms with van der Waals surface area (Å²) in [6.45, 7) is -0.0430. The summed E-state index contributed by atoms with van der Waals surface area (Å²) < 4.78 is 39.1. The molecule has 2 heterocycles. The second-order valence-electron chi connectivity index (χ2n) is 6.33. The minimum Gasteiger partial charge on any atom is -0.508 e. The highest BCUT2D eigenvalue weighted by Gasteiger charge is 2.60. The van der Waals surface area contributed by atoms with Crippen LogP contribution in [0.2, 0.25) is 0 Å². The highest BCUT2D eigenvalue weighted by molar-refractivity contribution is 5.84. The van der Waals surface area contributed by atoms with Gasteiger partial charge in [0.05, 0.1) is 5.41 Å². The Morgan fingerprint density at radius 2 is 1.76 bits per heavy atom. The van der Waals surface area contributed by atoms with E-state index in [4.69, 9.17) is 0 Å². The molecule has 1 fully saturated rings. The standard InChI is InChI=1S/C18H15F3N2O2/c19-18(20,21)16(25)23-10-9-17(12-6-2-4-8-14(12)24)11-5-1-3-7-13(11)22-15(17)23/h1-8,15,22,24H,9-10H2/t15-,17-/m1/s1. The number of likely N-dealkylation sites (tertiary alicyclic amines) is 1. The Morgan fingerprint density at radius 1 is 1.12 bits per heavy atom. The van der Waals surface area contributed by atoms with Crippen LogP contribution in [-0.2, 0) is 10.2 Å². The molecule has 2 aliphatic heterocycles. The molecule has 0 spiro atoms. The number of phenolic OH excluding ortho intramolecular Hbond substituents is 1. The lowest BCUT2D eigenvalue weighted by Gasteiger charge is -2.33. The van der Waals surface area contributed by atoms with Crippen molar-refractivity contribution in [2.45, 2.75) is 24.2 Å². The summed E-state index contributed by atoms with van der Waals surface area (Å²) in [6, 6.07) is 13.8. The maximum atomic E-state index is 13.0. The predicted octanol–water partition coefficient (Wildman–Crippen LogP) is 3.22. The van der Waals surface area contributed by atoms with Gasteiger partial charge in [-0.3, -0.25) is 4.79 Å². The van der Waals surface area contributed by atoms with E-state index in [-0.39, 0.29) is 12.3 Å². The molecule has 0 bridgehead atoms. The fraction of sp³-hybridized carbons (Fsp3) is 0.278. The van der Waals surface area contributed by atoms with E-state index in [9.17, 15) is 23.1 Å². The first-order valence-electron chi connectivity index (χ1n) is 7.88. The number of nitrogens with one attached hydrogen (secondary N) is 1. The minimum absolute atomic E-state index is 0.00677. The zero-order valence-corrected chi connectivity index (χ0v) is 13.0. The van der Waals surface area contributed by atoms with Crippen LogP contribution in [0, 0.1) is 0 Å². The van der Waals surface area contributed by atoms with Crippen LogP contribution in [0.15, 0.2) is 48.5 Å². The molecule has 4 rings (SSSR count). The number of alkyl halides is 3. The molecule has 0 radical (unpaired) electrons. The number of hydrogen-bond acceptors (Lipinski definition) is 3. The third-order valence-corrected chi connectivity index (χ3v) is 5.11. The molecule has 0 unspecified atom stereocenters. The van der Waals surface area contributed by atoms with E-state index in [1.54, 1.807) is 36.4 Å². The molecule has 4 nitrogen and oxygen atoms in total. The highest BCUT2D eigenvalue weighted by Crippen LogP contribution is 2.54. The van der Waals surface area contributed by atoms with Crippen molar-refractivity contribution in [2.75, 3.05) is 11.9 Å². The maximum Gasteiger partial charge on any atom is 0.471 e.